The minimum absolute atomic E-state index is 0.0776. The van der Waals surface area contributed by atoms with Gasteiger partial charge in [0.15, 0.2) is 0 Å². The van der Waals surface area contributed by atoms with Gasteiger partial charge in [-0.05, 0) is 56.0 Å². The predicted octanol–water partition coefficient (Wildman–Crippen LogP) is 4.74. The molecule has 0 amide bonds. The molecule has 0 aliphatic heterocycles. The first-order chi connectivity index (χ1) is 15.6. The summed E-state index contributed by atoms with van der Waals surface area (Å²) in [5, 5.41) is 14.4. The van der Waals surface area contributed by atoms with E-state index in [2.05, 4.69) is 43.7 Å². The van der Waals surface area contributed by atoms with E-state index >= 15 is 0 Å². The van der Waals surface area contributed by atoms with Gasteiger partial charge in [-0.2, -0.15) is 0 Å². The molecule has 0 spiro atoms. The van der Waals surface area contributed by atoms with Crippen molar-refractivity contribution in [2.45, 2.75) is 45.4 Å². The standard InChI is InChI=1S/C24H26N6OS/c1-14(2)31-21-9-6-15(12-19(21)25)23-29-30-24(32-23)18-5-3-4-17-16(18)7-8-20(17)28-13-22-26-10-11-27-22/h3-6,9-12,14,20,28H,7-8,13,25H2,1-2H3,(H,26,27). The van der Waals surface area contributed by atoms with Crippen molar-refractivity contribution < 1.29 is 4.74 Å². The molecule has 1 atom stereocenters. The van der Waals surface area contributed by atoms with Gasteiger partial charge >= 0.3 is 0 Å². The number of fused-ring (bicyclic) bond motifs is 1. The van der Waals surface area contributed by atoms with E-state index in [0.29, 0.717) is 17.5 Å². The van der Waals surface area contributed by atoms with Crippen LogP contribution in [0, 0.1) is 0 Å². The number of aromatic amines is 1. The zero-order valence-electron chi connectivity index (χ0n) is 18.1. The average Bonchev–Trinajstić information content (AvgIpc) is 3.54. The molecule has 2 heterocycles. The Kier molecular flexibility index (Phi) is 5.63. The summed E-state index contributed by atoms with van der Waals surface area (Å²) in [4.78, 5) is 7.45. The number of nitrogens with zero attached hydrogens (tertiary/aromatic N) is 3. The summed E-state index contributed by atoms with van der Waals surface area (Å²) in [5.74, 6) is 1.65. The molecule has 164 valence electrons. The Morgan fingerprint density at radius 2 is 2.09 bits per heavy atom. The molecule has 1 unspecified atom stereocenters. The molecule has 1 aliphatic rings. The number of nitrogen functional groups attached to an aromatic ring is 1. The van der Waals surface area contributed by atoms with Gasteiger partial charge in [0.05, 0.1) is 18.3 Å². The van der Waals surface area contributed by atoms with Gasteiger partial charge in [-0.25, -0.2) is 4.98 Å². The molecule has 2 aromatic carbocycles. The lowest BCUT2D eigenvalue weighted by molar-refractivity contribution is 0.244. The smallest absolute Gasteiger partial charge is 0.148 e. The molecular weight excluding hydrogens is 420 g/mol. The molecule has 7 nitrogen and oxygen atoms in total. The Bertz CT molecular complexity index is 1220. The number of hydrogen-bond acceptors (Lipinski definition) is 7. The number of rotatable bonds is 7. The number of nitrogens with one attached hydrogen (secondary N) is 2. The highest BCUT2D eigenvalue weighted by Crippen LogP contribution is 2.40. The fourth-order valence-electron chi connectivity index (χ4n) is 4.17. The number of benzene rings is 2. The Morgan fingerprint density at radius 3 is 2.88 bits per heavy atom. The first-order valence-electron chi connectivity index (χ1n) is 10.8. The number of ether oxygens (including phenoxy) is 1. The molecular formula is C24H26N6OS. The van der Waals surface area contributed by atoms with Crippen LogP contribution in [-0.4, -0.2) is 26.3 Å². The van der Waals surface area contributed by atoms with Crippen molar-refractivity contribution in [3.63, 3.8) is 0 Å². The van der Waals surface area contributed by atoms with Gasteiger partial charge in [0.1, 0.15) is 21.6 Å². The van der Waals surface area contributed by atoms with Crippen LogP contribution >= 0.6 is 11.3 Å². The molecule has 0 fully saturated rings. The fourth-order valence-corrected chi connectivity index (χ4v) is 5.07. The number of anilines is 1. The highest BCUT2D eigenvalue weighted by molar-refractivity contribution is 7.17. The third-order valence-corrected chi connectivity index (χ3v) is 6.62. The van der Waals surface area contributed by atoms with Crippen molar-refractivity contribution >= 4 is 17.0 Å². The number of imidazole rings is 1. The zero-order chi connectivity index (χ0) is 22.1. The first-order valence-corrected chi connectivity index (χ1v) is 11.6. The quantitative estimate of drug-likeness (QED) is 0.354. The molecule has 32 heavy (non-hydrogen) atoms. The zero-order valence-corrected chi connectivity index (χ0v) is 18.9. The van der Waals surface area contributed by atoms with Gasteiger partial charge in [-0.3, -0.25) is 0 Å². The van der Waals surface area contributed by atoms with E-state index < -0.39 is 0 Å². The number of H-pyrrole nitrogens is 1. The Balaban J connectivity index is 1.38. The highest BCUT2D eigenvalue weighted by Gasteiger charge is 2.26. The lowest BCUT2D eigenvalue weighted by Gasteiger charge is -2.13. The van der Waals surface area contributed by atoms with Crippen LogP contribution in [0.3, 0.4) is 0 Å². The molecule has 2 aromatic heterocycles. The van der Waals surface area contributed by atoms with Gasteiger partial charge in [0, 0.05) is 29.6 Å². The largest absolute Gasteiger partial charge is 0.489 e. The normalized spacial score (nSPS) is 15.3. The van der Waals surface area contributed by atoms with Crippen molar-refractivity contribution in [3.8, 4) is 26.9 Å². The molecule has 4 N–H and O–H groups in total. The molecule has 4 aromatic rings. The van der Waals surface area contributed by atoms with Gasteiger partial charge < -0.3 is 20.8 Å². The summed E-state index contributed by atoms with van der Waals surface area (Å²) in [6.07, 6.45) is 5.79. The van der Waals surface area contributed by atoms with Crippen LogP contribution < -0.4 is 15.8 Å². The van der Waals surface area contributed by atoms with Crippen LogP contribution in [0.25, 0.3) is 21.1 Å². The molecule has 5 rings (SSSR count). The van der Waals surface area contributed by atoms with Crippen LogP contribution in [0.15, 0.2) is 48.8 Å². The Hall–Kier alpha value is -3.23. The van der Waals surface area contributed by atoms with E-state index in [-0.39, 0.29) is 6.10 Å². The Morgan fingerprint density at radius 1 is 1.22 bits per heavy atom. The highest BCUT2D eigenvalue weighted by atomic mass is 32.1. The monoisotopic (exact) mass is 446 g/mol. The molecule has 0 radical (unpaired) electrons. The summed E-state index contributed by atoms with van der Waals surface area (Å²) < 4.78 is 5.74. The third kappa shape index (κ3) is 4.11. The second kappa shape index (κ2) is 8.72. The van der Waals surface area contributed by atoms with Crippen molar-refractivity contribution in [1.82, 2.24) is 25.5 Å². The third-order valence-electron chi connectivity index (χ3n) is 5.62. The van der Waals surface area contributed by atoms with Crippen LogP contribution in [-0.2, 0) is 13.0 Å². The Labute approximate surface area is 191 Å². The van der Waals surface area contributed by atoms with Gasteiger partial charge in [0.2, 0.25) is 0 Å². The molecule has 8 heteroatoms. The van der Waals surface area contributed by atoms with Crippen molar-refractivity contribution in [2.24, 2.45) is 0 Å². The van der Waals surface area contributed by atoms with E-state index in [9.17, 15) is 0 Å². The summed E-state index contributed by atoms with van der Waals surface area (Å²) >= 11 is 1.59. The molecule has 0 saturated heterocycles. The summed E-state index contributed by atoms with van der Waals surface area (Å²) in [6.45, 7) is 4.70. The SMILES string of the molecule is CC(C)Oc1ccc(-c2nnc(-c3cccc4c3CCC4NCc3ncc[nH]3)s2)cc1N. The van der Waals surface area contributed by atoms with E-state index in [1.807, 2.05) is 38.2 Å². The lowest BCUT2D eigenvalue weighted by atomic mass is 10.0. The minimum Gasteiger partial charge on any atom is -0.489 e. The second-order valence-corrected chi connectivity index (χ2v) is 9.19. The summed E-state index contributed by atoms with van der Waals surface area (Å²) in [7, 11) is 0. The first kappa shape index (κ1) is 20.7. The second-order valence-electron chi connectivity index (χ2n) is 8.21. The fraction of sp³-hybridized carbons (Fsp3) is 0.292. The van der Waals surface area contributed by atoms with Crippen LogP contribution in [0.4, 0.5) is 5.69 Å². The van der Waals surface area contributed by atoms with Gasteiger partial charge in [-0.15, -0.1) is 10.2 Å². The summed E-state index contributed by atoms with van der Waals surface area (Å²) in [6, 6.07) is 12.6. The maximum atomic E-state index is 6.20. The summed E-state index contributed by atoms with van der Waals surface area (Å²) in [5.41, 5.74) is 11.6. The van der Waals surface area contributed by atoms with Crippen LogP contribution in [0.1, 0.15) is 43.3 Å². The topological polar surface area (TPSA) is 102 Å². The van der Waals surface area contributed by atoms with Gasteiger partial charge in [0.25, 0.3) is 0 Å². The molecule has 0 bridgehead atoms. The lowest BCUT2D eigenvalue weighted by Crippen LogP contribution is -2.19. The van der Waals surface area contributed by atoms with Crippen LogP contribution in [0.5, 0.6) is 5.75 Å². The predicted molar refractivity (Wildman–Crippen MR) is 127 cm³/mol. The average molecular weight is 447 g/mol. The van der Waals surface area contributed by atoms with Crippen molar-refractivity contribution in [3.05, 3.63) is 65.7 Å². The van der Waals surface area contributed by atoms with E-state index in [0.717, 1.165) is 40.8 Å². The van der Waals surface area contributed by atoms with E-state index in [4.69, 9.17) is 10.5 Å². The van der Waals surface area contributed by atoms with Gasteiger partial charge in [-0.1, -0.05) is 29.5 Å². The maximum Gasteiger partial charge on any atom is 0.148 e. The van der Waals surface area contributed by atoms with Crippen molar-refractivity contribution in [2.75, 3.05) is 5.73 Å². The van der Waals surface area contributed by atoms with Crippen molar-refractivity contribution in [1.29, 1.82) is 0 Å². The minimum atomic E-state index is 0.0776. The van der Waals surface area contributed by atoms with E-state index in [1.165, 1.54) is 16.7 Å². The number of nitrogens with two attached hydrogens (primary N) is 1. The maximum absolute atomic E-state index is 6.20. The number of hydrogen-bond donors (Lipinski definition) is 3. The van der Waals surface area contributed by atoms with Crippen LogP contribution in [0.2, 0.25) is 0 Å². The molecule has 1 aliphatic carbocycles. The molecule has 0 saturated carbocycles. The van der Waals surface area contributed by atoms with E-state index in [1.54, 1.807) is 17.5 Å². The number of aromatic nitrogens is 4.